The highest BCUT2D eigenvalue weighted by Crippen LogP contribution is 2.29. The summed E-state index contributed by atoms with van der Waals surface area (Å²) in [7, 11) is 1.59. The molecule has 0 aromatic heterocycles. The van der Waals surface area contributed by atoms with E-state index < -0.39 is 17.1 Å². The minimum absolute atomic E-state index is 0.0676. The summed E-state index contributed by atoms with van der Waals surface area (Å²) < 4.78 is 0. The van der Waals surface area contributed by atoms with Gasteiger partial charge in [-0.05, 0) is 13.1 Å². The number of nitrogens with zero attached hydrogens (tertiary/aromatic N) is 1. The van der Waals surface area contributed by atoms with Gasteiger partial charge in [-0.2, -0.15) is 0 Å². The highest BCUT2D eigenvalue weighted by molar-refractivity contribution is 5.44. The van der Waals surface area contributed by atoms with Gasteiger partial charge in [-0.25, -0.2) is 0 Å². The summed E-state index contributed by atoms with van der Waals surface area (Å²) >= 11 is 0. The first-order valence-electron chi connectivity index (χ1n) is 4.95. The highest BCUT2D eigenvalue weighted by atomic mass is 16.6. The lowest BCUT2D eigenvalue weighted by molar-refractivity contribution is -0.385. The SMILES string of the molecule is CNCC(O)C(O)c1cc([N+](=O)[O-])ccc1O. The van der Waals surface area contributed by atoms with E-state index in [9.17, 15) is 25.4 Å². The van der Waals surface area contributed by atoms with Gasteiger partial charge in [0.2, 0.25) is 0 Å². The van der Waals surface area contributed by atoms with E-state index in [-0.39, 0.29) is 23.5 Å². The molecular weight excluding hydrogens is 228 g/mol. The normalized spacial score (nSPS) is 14.3. The van der Waals surface area contributed by atoms with E-state index in [1.807, 2.05) is 0 Å². The van der Waals surface area contributed by atoms with Crippen LogP contribution in [-0.4, -0.2) is 39.9 Å². The average molecular weight is 242 g/mol. The third-order valence-electron chi connectivity index (χ3n) is 2.32. The van der Waals surface area contributed by atoms with Gasteiger partial charge in [-0.1, -0.05) is 0 Å². The lowest BCUT2D eigenvalue weighted by atomic mass is 10.0. The second-order valence-electron chi connectivity index (χ2n) is 3.57. The van der Waals surface area contributed by atoms with Crippen LogP contribution in [0.15, 0.2) is 18.2 Å². The Balaban J connectivity index is 3.03. The van der Waals surface area contributed by atoms with E-state index in [2.05, 4.69) is 5.32 Å². The summed E-state index contributed by atoms with van der Waals surface area (Å²) in [5.74, 6) is -0.293. The van der Waals surface area contributed by atoms with Crippen LogP contribution < -0.4 is 5.32 Å². The van der Waals surface area contributed by atoms with Crippen molar-refractivity contribution in [3.8, 4) is 5.75 Å². The molecule has 0 aliphatic rings. The number of phenols is 1. The van der Waals surface area contributed by atoms with Crippen molar-refractivity contribution >= 4 is 5.69 Å². The molecule has 94 valence electrons. The van der Waals surface area contributed by atoms with Gasteiger partial charge in [0, 0.05) is 24.2 Å². The van der Waals surface area contributed by atoms with E-state index in [0.717, 1.165) is 18.2 Å². The van der Waals surface area contributed by atoms with Crippen molar-refractivity contribution < 1.29 is 20.2 Å². The van der Waals surface area contributed by atoms with Gasteiger partial charge in [-0.15, -0.1) is 0 Å². The number of rotatable bonds is 5. The van der Waals surface area contributed by atoms with Crippen LogP contribution in [-0.2, 0) is 0 Å². The molecular formula is C10H14N2O5. The number of benzene rings is 1. The molecule has 0 fully saturated rings. The lowest BCUT2D eigenvalue weighted by Gasteiger charge is -2.18. The van der Waals surface area contributed by atoms with E-state index in [4.69, 9.17) is 0 Å². The van der Waals surface area contributed by atoms with Crippen LogP contribution in [0.4, 0.5) is 5.69 Å². The Morgan fingerprint density at radius 2 is 2.12 bits per heavy atom. The molecule has 7 heteroatoms. The predicted molar refractivity (Wildman–Crippen MR) is 59.7 cm³/mol. The van der Waals surface area contributed by atoms with Gasteiger partial charge in [-0.3, -0.25) is 10.1 Å². The zero-order valence-corrected chi connectivity index (χ0v) is 9.20. The van der Waals surface area contributed by atoms with Crippen LogP contribution in [0.3, 0.4) is 0 Å². The smallest absolute Gasteiger partial charge is 0.270 e. The van der Waals surface area contributed by atoms with E-state index >= 15 is 0 Å². The van der Waals surface area contributed by atoms with E-state index in [0.29, 0.717) is 0 Å². The molecule has 1 aromatic rings. The third kappa shape index (κ3) is 3.13. The number of hydrogen-bond acceptors (Lipinski definition) is 6. The molecule has 0 amide bonds. The Bertz CT molecular complexity index is 410. The average Bonchev–Trinajstić information content (AvgIpc) is 2.28. The number of nitrogens with one attached hydrogen (secondary N) is 1. The minimum atomic E-state index is -1.39. The largest absolute Gasteiger partial charge is 0.508 e. The summed E-state index contributed by atoms with van der Waals surface area (Å²) in [6, 6.07) is 3.28. The molecule has 1 aromatic carbocycles. The summed E-state index contributed by atoms with van der Waals surface area (Å²) in [4.78, 5) is 9.91. The highest BCUT2D eigenvalue weighted by Gasteiger charge is 2.23. The first kappa shape index (κ1) is 13.4. The number of non-ortho nitro benzene ring substituents is 1. The Labute approximate surface area is 97.5 Å². The summed E-state index contributed by atoms with van der Waals surface area (Å²) in [5, 5.41) is 42.0. The zero-order chi connectivity index (χ0) is 13.0. The quantitative estimate of drug-likeness (QED) is 0.423. The van der Waals surface area contributed by atoms with Crippen molar-refractivity contribution in [1.82, 2.24) is 5.32 Å². The molecule has 0 spiro atoms. The maximum Gasteiger partial charge on any atom is 0.270 e. The zero-order valence-electron chi connectivity index (χ0n) is 9.20. The molecule has 17 heavy (non-hydrogen) atoms. The van der Waals surface area contributed by atoms with Gasteiger partial charge in [0.05, 0.1) is 11.0 Å². The van der Waals surface area contributed by atoms with Crippen LogP contribution in [0, 0.1) is 10.1 Å². The molecule has 0 heterocycles. The fourth-order valence-corrected chi connectivity index (χ4v) is 1.42. The molecule has 0 bridgehead atoms. The molecule has 0 aliphatic carbocycles. The van der Waals surface area contributed by atoms with Gasteiger partial charge in [0.15, 0.2) is 0 Å². The summed E-state index contributed by atoms with van der Waals surface area (Å²) in [6.45, 7) is 0.100. The Morgan fingerprint density at radius 1 is 1.47 bits per heavy atom. The Hall–Kier alpha value is -1.70. The molecule has 0 radical (unpaired) electrons. The second-order valence-corrected chi connectivity index (χ2v) is 3.57. The number of likely N-dealkylation sites (N-methyl/N-ethyl adjacent to an activating group) is 1. The Kier molecular flexibility index (Phi) is 4.38. The first-order chi connectivity index (χ1) is 7.97. The van der Waals surface area contributed by atoms with Crippen LogP contribution in [0.5, 0.6) is 5.75 Å². The van der Waals surface area contributed by atoms with Crippen molar-refractivity contribution in [2.24, 2.45) is 0 Å². The van der Waals surface area contributed by atoms with Crippen LogP contribution in [0.25, 0.3) is 0 Å². The lowest BCUT2D eigenvalue weighted by Crippen LogP contribution is -2.29. The number of phenolic OH excluding ortho intramolecular Hbond substituents is 1. The van der Waals surface area contributed by atoms with Gasteiger partial charge < -0.3 is 20.6 Å². The molecule has 7 nitrogen and oxygen atoms in total. The maximum atomic E-state index is 10.6. The van der Waals surface area contributed by atoms with Crippen LogP contribution >= 0.6 is 0 Å². The second kappa shape index (κ2) is 5.58. The fraction of sp³-hybridized carbons (Fsp3) is 0.400. The number of aliphatic hydroxyl groups excluding tert-OH is 2. The van der Waals surface area contributed by atoms with Crippen molar-refractivity contribution in [3.63, 3.8) is 0 Å². The van der Waals surface area contributed by atoms with Gasteiger partial charge >= 0.3 is 0 Å². The van der Waals surface area contributed by atoms with Crippen molar-refractivity contribution in [1.29, 1.82) is 0 Å². The molecule has 1 rings (SSSR count). The fourth-order valence-electron chi connectivity index (χ4n) is 1.42. The molecule has 0 saturated carbocycles. The molecule has 2 unspecified atom stereocenters. The number of nitro benzene ring substituents is 1. The number of nitro groups is 1. The van der Waals surface area contributed by atoms with Crippen molar-refractivity contribution in [2.75, 3.05) is 13.6 Å². The summed E-state index contributed by atoms with van der Waals surface area (Å²) in [5.41, 5.74) is -0.324. The standard InChI is InChI=1S/C10H14N2O5/c1-11-5-9(14)10(15)7-4-6(12(16)17)2-3-8(7)13/h2-4,9-11,13-15H,5H2,1H3. The van der Waals surface area contributed by atoms with E-state index in [1.165, 1.54) is 0 Å². The summed E-state index contributed by atoms with van der Waals surface area (Å²) in [6.07, 6.45) is -2.55. The van der Waals surface area contributed by atoms with Gasteiger partial charge in [0.1, 0.15) is 11.9 Å². The predicted octanol–water partition coefficient (Wildman–Crippen LogP) is -0.0859. The van der Waals surface area contributed by atoms with Crippen molar-refractivity contribution in [2.45, 2.75) is 12.2 Å². The minimum Gasteiger partial charge on any atom is -0.508 e. The topological polar surface area (TPSA) is 116 Å². The molecule has 0 saturated heterocycles. The van der Waals surface area contributed by atoms with Gasteiger partial charge in [0.25, 0.3) is 5.69 Å². The van der Waals surface area contributed by atoms with E-state index in [1.54, 1.807) is 7.05 Å². The maximum absolute atomic E-state index is 10.6. The monoisotopic (exact) mass is 242 g/mol. The number of hydrogen-bond donors (Lipinski definition) is 4. The molecule has 2 atom stereocenters. The molecule has 4 N–H and O–H groups in total. The van der Waals surface area contributed by atoms with Crippen molar-refractivity contribution in [3.05, 3.63) is 33.9 Å². The van der Waals surface area contributed by atoms with Crippen LogP contribution in [0.1, 0.15) is 11.7 Å². The number of aromatic hydroxyl groups is 1. The first-order valence-corrected chi connectivity index (χ1v) is 4.95. The third-order valence-corrected chi connectivity index (χ3v) is 2.32. The Morgan fingerprint density at radius 3 is 2.65 bits per heavy atom. The molecule has 0 aliphatic heterocycles. The van der Waals surface area contributed by atoms with Crippen LogP contribution in [0.2, 0.25) is 0 Å². The number of aliphatic hydroxyl groups is 2.